The van der Waals surface area contributed by atoms with Gasteiger partial charge in [-0.15, -0.1) is 0 Å². The fraction of sp³-hybridized carbons (Fsp3) is 0.500. The summed E-state index contributed by atoms with van der Waals surface area (Å²) >= 11 is 0. The molecule has 1 aromatic heterocycles. The van der Waals surface area contributed by atoms with E-state index < -0.39 is 0 Å². The van der Waals surface area contributed by atoms with Gasteiger partial charge in [-0.2, -0.15) is 4.89 Å². The van der Waals surface area contributed by atoms with E-state index >= 15 is 0 Å². The molecule has 30 heavy (non-hydrogen) atoms. The average molecular weight is 415 g/mol. The van der Waals surface area contributed by atoms with Gasteiger partial charge >= 0.3 is 0 Å². The monoisotopic (exact) mass is 414 g/mol. The number of fused-ring (bicyclic) bond motifs is 2. The highest BCUT2D eigenvalue weighted by Crippen LogP contribution is 2.31. The van der Waals surface area contributed by atoms with Crippen LogP contribution >= 0.6 is 0 Å². The molecule has 3 rings (SSSR count). The first kappa shape index (κ1) is 21.8. The maximum atomic E-state index is 12.1. The van der Waals surface area contributed by atoms with Crippen molar-refractivity contribution in [2.45, 2.75) is 52.5 Å². The van der Waals surface area contributed by atoms with E-state index in [1.165, 1.54) is 0 Å². The van der Waals surface area contributed by atoms with Gasteiger partial charge in [0.05, 0.1) is 18.8 Å². The number of hydrogen-bond donors (Lipinski definition) is 1. The summed E-state index contributed by atoms with van der Waals surface area (Å²) in [5.74, 6) is 0.724. The maximum Gasteiger partial charge on any atom is 0.274 e. The van der Waals surface area contributed by atoms with Crippen molar-refractivity contribution in [2.75, 3.05) is 20.2 Å². The van der Waals surface area contributed by atoms with E-state index in [-0.39, 0.29) is 11.5 Å². The minimum atomic E-state index is -0.232. The topological polar surface area (TPSA) is 88.9 Å². The molecule has 0 atom stereocenters. The zero-order chi connectivity index (χ0) is 21.7. The molecule has 0 radical (unpaired) electrons. The Hall–Kier alpha value is -2.87. The van der Waals surface area contributed by atoms with Crippen molar-refractivity contribution in [1.82, 2.24) is 14.5 Å². The SMILES string of the molecule is C=c1c(=O)[nH]c2n1Cc1c(ccc(OOCCCC(=O)N(C)CCCCC)c1C)N=2. The molecule has 8 nitrogen and oxygen atoms in total. The second-order valence-electron chi connectivity index (χ2n) is 7.64. The van der Waals surface area contributed by atoms with Crippen molar-refractivity contribution in [1.29, 1.82) is 0 Å². The quantitative estimate of drug-likeness (QED) is 0.312. The molecule has 1 aromatic carbocycles. The molecule has 1 aliphatic heterocycles. The number of benzene rings is 1. The Bertz CT molecular complexity index is 1070. The molecular weight excluding hydrogens is 384 g/mol. The number of rotatable bonds is 10. The number of unbranched alkanes of at least 4 members (excludes halogenated alkanes) is 2. The van der Waals surface area contributed by atoms with E-state index in [0.717, 1.165) is 42.6 Å². The van der Waals surface area contributed by atoms with E-state index in [9.17, 15) is 9.59 Å². The number of nitrogens with zero attached hydrogens (tertiary/aromatic N) is 3. The van der Waals surface area contributed by atoms with E-state index in [1.54, 1.807) is 15.5 Å². The molecule has 2 aromatic rings. The lowest BCUT2D eigenvalue weighted by Crippen LogP contribution is -2.32. The summed E-state index contributed by atoms with van der Waals surface area (Å²) < 4.78 is 1.75. The summed E-state index contributed by atoms with van der Waals surface area (Å²) in [5, 5.41) is 0.380. The van der Waals surface area contributed by atoms with Gasteiger partial charge in [0.15, 0.2) is 5.75 Å². The smallest absolute Gasteiger partial charge is 0.274 e. The molecule has 162 valence electrons. The van der Waals surface area contributed by atoms with Gasteiger partial charge in [-0.1, -0.05) is 26.3 Å². The van der Waals surface area contributed by atoms with Gasteiger partial charge in [-0.3, -0.25) is 14.6 Å². The number of carbonyl (C=O) groups excluding carboxylic acids is 1. The van der Waals surface area contributed by atoms with E-state index in [2.05, 4.69) is 23.5 Å². The lowest BCUT2D eigenvalue weighted by molar-refractivity contribution is -0.208. The van der Waals surface area contributed by atoms with Crippen molar-refractivity contribution in [2.24, 2.45) is 4.99 Å². The molecule has 0 aliphatic carbocycles. The minimum absolute atomic E-state index is 0.127. The summed E-state index contributed by atoms with van der Waals surface area (Å²) in [6.45, 7) is 9.51. The summed E-state index contributed by atoms with van der Waals surface area (Å²) in [6, 6.07) is 3.64. The number of nitrogens with one attached hydrogen (secondary N) is 1. The molecule has 0 saturated carbocycles. The molecule has 0 fully saturated rings. The predicted molar refractivity (Wildman–Crippen MR) is 114 cm³/mol. The number of hydrogen-bond acceptors (Lipinski definition) is 5. The molecule has 0 bridgehead atoms. The first-order valence-electron chi connectivity index (χ1n) is 10.4. The highest BCUT2D eigenvalue weighted by molar-refractivity contribution is 5.75. The van der Waals surface area contributed by atoms with Crippen LogP contribution in [0.4, 0.5) is 5.69 Å². The van der Waals surface area contributed by atoms with Crippen LogP contribution in [0, 0.1) is 6.92 Å². The van der Waals surface area contributed by atoms with Crippen LogP contribution in [0.1, 0.15) is 50.2 Å². The van der Waals surface area contributed by atoms with Crippen molar-refractivity contribution >= 4 is 18.2 Å². The van der Waals surface area contributed by atoms with Crippen LogP contribution in [0.2, 0.25) is 0 Å². The van der Waals surface area contributed by atoms with Crippen molar-refractivity contribution < 1.29 is 14.6 Å². The third kappa shape index (κ3) is 4.81. The molecule has 8 heteroatoms. The van der Waals surface area contributed by atoms with Crippen LogP contribution in [0.25, 0.3) is 6.58 Å². The zero-order valence-electron chi connectivity index (χ0n) is 18.0. The van der Waals surface area contributed by atoms with Gasteiger partial charge in [-0.05, 0) is 31.9 Å². The summed E-state index contributed by atoms with van der Waals surface area (Å²) in [6.07, 6.45) is 4.35. The molecule has 2 heterocycles. The lowest BCUT2D eigenvalue weighted by Gasteiger charge is -2.18. The van der Waals surface area contributed by atoms with Crippen LogP contribution in [0.3, 0.4) is 0 Å². The van der Waals surface area contributed by atoms with Crippen LogP contribution < -0.4 is 21.4 Å². The molecule has 1 aliphatic rings. The van der Waals surface area contributed by atoms with E-state index in [0.29, 0.717) is 42.7 Å². The van der Waals surface area contributed by atoms with Gasteiger partial charge in [0, 0.05) is 31.1 Å². The normalized spacial score (nSPS) is 12.1. The Morgan fingerprint density at radius 2 is 2.13 bits per heavy atom. The Kier molecular flexibility index (Phi) is 7.10. The fourth-order valence-corrected chi connectivity index (χ4v) is 3.44. The Labute approximate surface area is 175 Å². The number of aromatic amines is 1. The van der Waals surface area contributed by atoms with E-state index in [1.807, 2.05) is 20.0 Å². The summed E-state index contributed by atoms with van der Waals surface area (Å²) in [4.78, 5) is 43.7. The maximum absolute atomic E-state index is 12.1. The van der Waals surface area contributed by atoms with Gasteiger partial charge in [0.25, 0.3) is 5.56 Å². The first-order valence-corrected chi connectivity index (χ1v) is 10.4. The van der Waals surface area contributed by atoms with Gasteiger partial charge in [0.1, 0.15) is 5.35 Å². The van der Waals surface area contributed by atoms with Gasteiger partial charge < -0.3 is 14.4 Å². The van der Waals surface area contributed by atoms with Crippen molar-refractivity contribution in [3.63, 3.8) is 0 Å². The second kappa shape index (κ2) is 9.75. The summed E-state index contributed by atoms with van der Waals surface area (Å²) in [7, 11) is 1.85. The van der Waals surface area contributed by atoms with Gasteiger partial charge in [-0.25, -0.2) is 4.99 Å². The average Bonchev–Trinajstić information content (AvgIpc) is 3.01. The first-order chi connectivity index (χ1) is 14.4. The van der Waals surface area contributed by atoms with E-state index in [4.69, 9.17) is 9.78 Å². The molecule has 0 saturated heterocycles. The molecule has 1 amide bonds. The van der Waals surface area contributed by atoms with Crippen LogP contribution in [-0.4, -0.2) is 40.6 Å². The molecule has 1 N–H and O–H groups in total. The largest absolute Gasteiger partial charge is 0.346 e. The fourth-order valence-electron chi connectivity index (χ4n) is 3.44. The third-order valence-electron chi connectivity index (χ3n) is 5.43. The van der Waals surface area contributed by atoms with Crippen molar-refractivity contribution in [3.05, 3.63) is 44.6 Å². The Morgan fingerprint density at radius 3 is 2.90 bits per heavy atom. The van der Waals surface area contributed by atoms with Crippen LogP contribution in [0.5, 0.6) is 5.75 Å². The van der Waals surface area contributed by atoms with Gasteiger partial charge in [0.2, 0.25) is 11.5 Å². The second-order valence-corrected chi connectivity index (χ2v) is 7.64. The number of aromatic nitrogens is 2. The third-order valence-corrected chi connectivity index (χ3v) is 5.43. The van der Waals surface area contributed by atoms with Crippen LogP contribution in [-0.2, 0) is 16.2 Å². The molecular formula is C22H30N4O4. The van der Waals surface area contributed by atoms with Crippen LogP contribution in [0.15, 0.2) is 21.9 Å². The Morgan fingerprint density at radius 1 is 1.33 bits per heavy atom. The summed E-state index contributed by atoms with van der Waals surface area (Å²) in [5.41, 5.74) is 2.92. The molecule has 0 spiro atoms. The number of H-pyrrole nitrogens is 1. The number of amides is 1. The van der Waals surface area contributed by atoms with Crippen molar-refractivity contribution in [3.8, 4) is 5.75 Å². The zero-order valence-corrected chi connectivity index (χ0v) is 18.0. The standard InChI is InChI=1S/C22H30N4O4/c1-5-6-7-12-25(4)20(27)9-8-13-29-30-19-11-10-18-17(15(19)2)14-26-16(3)21(28)24-22(26)23-18/h10-11H,3,5-9,12-14H2,1-2,4H3,(H,23,24,28). The Balaban J connectivity index is 1.51. The highest BCUT2D eigenvalue weighted by atomic mass is 17.2. The predicted octanol–water partition coefficient (Wildman–Crippen LogP) is 1.95. The lowest BCUT2D eigenvalue weighted by atomic mass is 10.0. The number of imidazole rings is 1. The number of carbonyl (C=O) groups is 1. The molecule has 0 unspecified atom stereocenters. The highest BCUT2D eigenvalue weighted by Gasteiger charge is 2.18. The minimum Gasteiger partial charge on any atom is -0.346 e.